The fourth-order valence-corrected chi connectivity index (χ4v) is 2.39. The molecule has 0 saturated carbocycles. The molecule has 0 aliphatic rings. The first-order valence-corrected chi connectivity index (χ1v) is 6.59. The number of hydrogen-bond acceptors (Lipinski definition) is 2. The average Bonchev–Trinajstić information content (AvgIpc) is 2.85. The molecule has 0 spiro atoms. The van der Waals surface area contributed by atoms with Gasteiger partial charge in [0.15, 0.2) is 0 Å². The number of benzene rings is 1. The summed E-state index contributed by atoms with van der Waals surface area (Å²) in [6.45, 7) is 0. The van der Waals surface area contributed by atoms with Crippen LogP contribution in [0, 0.1) is 0 Å². The maximum Gasteiger partial charge on any atom is 0.255 e. The summed E-state index contributed by atoms with van der Waals surface area (Å²) in [7, 11) is 0. The van der Waals surface area contributed by atoms with Gasteiger partial charge < -0.3 is 10.3 Å². The Balaban J connectivity index is 1.87. The van der Waals surface area contributed by atoms with Crippen LogP contribution in [0.4, 0.5) is 5.69 Å². The van der Waals surface area contributed by atoms with Crippen molar-refractivity contribution < 1.29 is 4.79 Å². The molecular weight excluding hydrogens is 297 g/mol. The molecule has 0 atom stereocenters. The zero-order valence-electron chi connectivity index (χ0n) is 10.2. The molecular formula is C14H9Cl2N3O. The number of carbonyl (C=O) groups excluding carboxylic acids is 1. The summed E-state index contributed by atoms with van der Waals surface area (Å²) in [4.78, 5) is 19.0. The lowest BCUT2D eigenvalue weighted by atomic mass is 10.2. The first kappa shape index (κ1) is 13.0. The van der Waals surface area contributed by atoms with Crippen LogP contribution in [0.1, 0.15) is 10.4 Å². The van der Waals surface area contributed by atoms with Gasteiger partial charge in [0.05, 0.1) is 0 Å². The lowest BCUT2D eigenvalue weighted by Gasteiger charge is -2.06. The van der Waals surface area contributed by atoms with Crippen molar-refractivity contribution in [3.05, 3.63) is 58.5 Å². The molecule has 1 aromatic carbocycles. The number of amides is 1. The molecule has 2 heterocycles. The van der Waals surface area contributed by atoms with Crippen LogP contribution in [-0.4, -0.2) is 15.9 Å². The van der Waals surface area contributed by atoms with Gasteiger partial charge in [0.1, 0.15) is 10.3 Å². The number of carbonyl (C=O) groups is 1. The smallest absolute Gasteiger partial charge is 0.255 e. The standard InChI is InChI=1S/C14H9Cl2N3O/c15-12-6-9(7-13(16)19-12)14(20)18-10-1-2-11-8(5-10)3-4-17-11/h1-7,17H,(H,18,20). The number of rotatable bonds is 2. The predicted octanol–water partition coefficient (Wildman–Crippen LogP) is 4.12. The van der Waals surface area contributed by atoms with Crippen LogP contribution in [0.3, 0.4) is 0 Å². The van der Waals surface area contributed by atoms with Gasteiger partial charge >= 0.3 is 0 Å². The summed E-state index contributed by atoms with van der Waals surface area (Å²) in [5.41, 5.74) is 2.08. The average molecular weight is 306 g/mol. The van der Waals surface area contributed by atoms with Gasteiger partial charge in [-0.1, -0.05) is 23.2 Å². The molecule has 1 amide bonds. The van der Waals surface area contributed by atoms with E-state index in [1.165, 1.54) is 12.1 Å². The first-order chi connectivity index (χ1) is 9.61. The number of hydrogen-bond donors (Lipinski definition) is 2. The SMILES string of the molecule is O=C(Nc1ccc2[nH]ccc2c1)c1cc(Cl)nc(Cl)c1. The first-order valence-electron chi connectivity index (χ1n) is 5.83. The molecule has 2 aromatic heterocycles. The van der Waals surface area contributed by atoms with E-state index in [0.717, 1.165) is 10.9 Å². The molecule has 3 rings (SSSR count). The molecule has 0 bridgehead atoms. The molecule has 0 unspecified atom stereocenters. The number of anilines is 1. The number of nitrogens with zero attached hydrogens (tertiary/aromatic N) is 1. The Morgan fingerprint density at radius 1 is 1.10 bits per heavy atom. The monoisotopic (exact) mass is 305 g/mol. The second-order valence-corrected chi connectivity index (χ2v) is 5.01. The van der Waals surface area contributed by atoms with Crippen LogP contribution < -0.4 is 5.32 Å². The van der Waals surface area contributed by atoms with Gasteiger partial charge in [-0.2, -0.15) is 0 Å². The largest absolute Gasteiger partial charge is 0.361 e. The van der Waals surface area contributed by atoms with E-state index in [1.807, 2.05) is 30.5 Å². The van der Waals surface area contributed by atoms with E-state index >= 15 is 0 Å². The third-order valence-corrected chi connectivity index (χ3v) is 3.22. The Kier molecular flexibility index (Phi) is 3.34. The van der Waals surface area contributed by atoms with Gasteiger partial charge in [-0.15, -0.1) is 0 Å². The maximum atomic E-state index is 12.1. The van der Waals surface area contributed by atoms with E-state index in [0.29, 0.717) is 11.3 Å². The van der Waals surface area contributed by atoms with E-state index < -0.39 is 0 Å². The molecule has 0 saturated heterocycles. The highest BCUT2D eigenvalue weighted by molar-refractivity contribution is 6.33. The molecule has 0 radical (unpaired) electrons. The number of H-pyrrole nitrogens is 1. The topological polar surface area (TPSA) is 57.8 Å². The van der Waals surface area contributed by atoms with E-state index in [1.54, 1.807) is 0 Å². The molecule has 0 aliphatic heterocycles. The molecule has 0 aliphatic carbocycles. The summed E-state index contributed by atoms with van der Waals surface area (Å²) < 4.78 is 0. The zero-order valence-corrected chi connectivity index (χ0v) is 11.7. The van der Waals surface area contributed by atoms with Crippen LogP contribution >= 0.6 is 23.2 Å². The number of fused-ring (bicyclic) bond motifs is 1. The van der Waals surface area contributed by atoms with Crippen molar-refractivity contribution in [2.75, 3.05) is 5.32 Å². The summed E-state index contributed by atoms with van der Waals surface area (Å²) in [6, 6.07) is 10.5. The van der Waals surface area contributed by atoms with Gasteiger partial charge in [-0.05, 0) is 36.4 Å². The van der Waals surface area contributed by atoms with Crippen LogP contribution in [-0.2, 0) is 0 Å². The van der Waals surface area contributed by atoms with Crippen molar-refractivity contribution in [3.63, 3.8) is 0 Å². The fourth-order valence-electron chi connectivity index (χ4n) is 1.93. The van der Waals surface area contributed by atoms with E-state index in [4.69, 9.17) is 23.2 Å². The second kappa shape index (κ2) is 5.15. The van der Waals surface area contributed by atoms with Crippen LogP contribution in [0.25, 0.3) is 10.9 Å². The van der Waals surface area contributed by atoms with Crippen molar-refractivity contribution in [2.45, 2.75) is 0 Å². The van der Waals surface area contributed by atoms with Gasteiger partial charge in [-0.25, -0.2) is 4.98 Å². The molecule has 0 fully saturated rings. The van der Waals surface area contributed by atoms with Crippen molar-refractivity contribution in [1.82, 2.24) is 9.97 Å². The predicted molar refractivity (Wildman–Crippen MR) is 80.5 cm³/mol. The number of aromatic amines is 1. The van der Waals surface area contributed by atoms with Crippen molar-refractivity contribution in [3.8, 4) is 0 Å². The van der Waals surface area contributed by atoms with Crippen molar-refractivity contribution >= 4 is 45.7 Å². The van der Waals surface area contributed by atoms with Crippen molar-refractivity contribution in [2.24, 2.45) is 0 Å². The summed E-state index contributed by atoms with van der Waals surface area (Å²) in [5.74, 6) is -0.286. The molecule has 3 aromatic rings. The Morgan fingerprint density at radius 3 is 2.60 bits per heavy atom. The van der Waals surface area contributed by atoms with Crippen LogP contribution in [0.2, 0.25) is 10.3 Å². The Labute approximate surface area is 124 Å². The van der Waals surface area contributed by atoms with Crippen molar-refractivity contribution in [1.29, 1.82) is 0 Å². The number of pyridine rings is 1. The van der Waals surface area contributed by atoms with E-state index in [2.05, 4.69) is 15.3 Å². The minimum atomic E-state index is -0.286. The minimum absolute atomic E-state index is 0.184. The Bertz CT molecular complexity index is 778. The molecule has 20 heavy (non-hydrogen) atoms. The fraction of sp³-hybridized carbons (Fsp3) is 0. The highest BCUT2D eigenvalue weighted by Crippen LogP contribution is 2.20. The maximum absolute atomic E-state index is 12.1. The van der Waals surface area contributed by atoms with Crippen LogP contribution in [0.5, 0.6) is 0 Å². The summed E-state index contributed by atoms with van der Waals surface area (Å²) in [5, 5.41) is 4.19. The van der Waals surface area contributed by atoms with Gasteiger partial charge in [-0.3, -0.25) is 4.79 Å². The quantitative estimate of drug-likeness (QED) is 0.700. The zero-order chi connectivity index (χ0) is 14.1. The number of nitrogens with one attached hydrogen (secondary N) is 2. The molecule has 4 nitrogen and oxygen atoms in total. The third kappa shape index (κ3) is 2.61. The Hall–Kier alpha value is -2.04. The van der Waals surface area contributed by atoms with Crippen LogP contribution in [0.15, 0.2) is 42.6 Å². The highest BCUT2D eigenvalue weighted by Gasteiger charge is 2.09. The summed E-state index contributed by atoms with van der Waals surface area (Å²) in [6.07, 6.45) is 1.85. The summed E-state index contributed by atoms with van der Waals surface area (Å²) >= 11 is 11.6. The highest BCUT2D eigenvalue weighted by atomic mass is 35.5. The molecule has 6 heteroatoms. The number of halogens is 2. The normalized spacial score (nSPS) is 10.7. The van der Waals surface area contributed by atoms with E-state index in [9.17, 15) is 4.79 Å². The number of aromatic nitrogens is 2. The minimum Gasteiger partial charge on any atom is -0.361 e. The molecule has 2 N–H and O–H groups in total. The van der Waals surface area contributed by atoms with Gasteiger partial charge in [0, 0.05) is 28.4 Å². The lowest BCUT2D eigenvalue weighted by Crippen LogP contribution is -2.12. The third-order valence-electron chi connectivity index (χ3n) is 2.84. The van der Waals surface area contributed by atoms with E-state index in [-0.39, 0.29) is 16.2 Å². The Morgan fingerprint density at radius 2 is 1.85 bits per heavy atom. The lowest BCUT2D eigenvalue weighted by molar-refractivity contribution is 0.102. The van der Waals surface area contributed by atoms with Gasteiger partial charge in [0.25, 0.3) is 5.91 Å². The second-order valence-electron chi connectivity index (χ2n) is 4.24. The van der Waals surface area contributed by atoms with Gasteiger partial charge in [0.2, 0.25) is 0 Å². The molecule has 100 valence electrons.